The molecule has 1 aromatic rings. The molecule has 0 aliphatic carbocycles. The van der Waals surface area contributed by atoms with Crippen molar-refractivity contribution in [2.75, 3.05) is 38.3 Å². The summed E-state index contributed by atoms with van der Waals surface area (Å²) in [5.41, 5.74) is 1.15. The summed E-state index contributed by atoms with van der Waals surface area (Å²) in [4.78, 5) is 7.20. The van der Waals surface area contributed by atoms with Crippen LogP contribution in [0, 0.1) is 5.92 Å². The zero-order chi connectivity index (χ0) is 14.2. The number of methoxy groups -OCH3 is 1. The Hall–Kier alpha value is -0.650. The van der Waals surface area contributed by atoms with Crippen molar-refractivity contribution >= 4 is 16.5 Å². The lowest BCUT2D eigenvalue weighted by Crippen LogP contribution is -2.33. The van der Waals surface area contributed by atoms with Crippen LogP contribution in [0.2, 0.25) is 0 Å². The lowest BCUT2D eigenvalue weighted by Gasteiger charge is -2.31. The average Bonchev–Trinajstić information content (AvgIpc) is 2.94. The van der Waals surface area contributed by atoms with Crippen molar-refractivity contribution in [1.82, 2.24) is 10.3 Å². The minimum atomic E-state index is 0.752. The molecule has 0 spiro atoms. The van der Waals surface area contributed by atoms with E-state index in [-0.39, 0.29) is 0 Å². The molecule has 0 aromatic carbocycles. The van der Waals surface area contributed by atoms with Crippen molar-refractivity contribution in [3.8, 4) is 0 Å². The molecule has 2 heterocycles. The maximum atomic E-state index is 5.02. The Kier molecular flexibility index (Phi) is 6.76. The fraction of sp³-hybridized carbons (Fsp3) is 0.800. The smallest absolute Gasteiger partial charge is 0.185 e. The van der Waals surface area contributed by atoms with Crippen LogP contribution in [0.4, 0.5) is 5.13 Å². The van der Waals surface area contributed by atoms with Crippen LogP contribution in [0.3, 0.4) is 0 Å². The van der Waals surface area contributed by atoms with E-state index in [0.29, 0.717) is 0 Å². The fourth-order valence-corrected chi connectivity index (χ4v) is 3.61. The minimum Gasteiger partial charge on any atom is -0.383 e. The van der Waals surface area contributed by atoms with Crippen molar-refractivity contribution in [2.45, 2.75) is 39.2 Å². The number of piperidine rings is 1. The highest BCUT2D eigenvalue weighted by Gasteiger charge is 2.20. The Balaban J connectivity index is 1.75. The largest absolute Gasteiger partial charge is 0.383 e. The molecule has 0 unspecified atom stereocenters. The van der Waals surface area contributed by atoms with Crippen LogP contribution in [-0.4, -0.2) is 38.3 Å². The quantitative estimate of drug-likeness (QED) is 0.749. The molecule has 1 aromatic heterocycles. The van der Waals surface area contributed by atoms with Crippen LogP contribution in [0.25, 0.3) is 0 Å². The van der Waals surface area contributed by atoms with Gasteiger partial charge in [-0.15, -0.1) is 11.3 Å². The summed E-state index contributed by atoms with van der Waals surface area (Å²) in [6, 6.07) is 0. The molecular formula is C15H27N3OS. The van der Waals surface area contributed by atoms with E-state index in [9.17, 15) is 0 Å². The number of hydrogen-bond donors (Lipinski definition) is 1. The molecule has 4 nitrogen and oxygen atoms in total. The molecule has 114 valence electrons. The second-order valence-electron chi connectivity index (χ2n) is 5.51. The second kappa shape index (κ2) is 8.60. The predicted molar refractivity (Wildman–Crippen MR) is 85.5 cm³/mol. The van der Waals surface area contributed by atoms with Gasteiger partial charge < -0.3 is 15.0 Å². The van der Waals surface area contributed by atoms with Crippen LogP contribution < -0.4 is 10.2 Å². The molecule has 1 fully saturated rings. The standard InChI is InChI=1S/C15H27N3OS/c1-3-4-13-5-8-18(9-6-13)15-17-14(12-20-15)11-16-7-10-19-2/h12-13,16H,3-11H2,1-2H3. The molecule has 0 radical (unpaired) electrons. The van der Waals surface area contributed by atoms with Gasteiger partial charge in [-0.2, -0.15) is 0 Å². The van der Waals surface area contributed by atoms with Crippen molar-refractivity contribution < 1.29 is 4.74 Å². The summed E-state index contributed by atoms with van der Waals surface area (Å²) in [6.45, 7) is 7.11. The number of rotatable bonds is 8. The van der Waals surface area contributed by atoms with Gasteiger partial charge in [0.2, 0.25) is 0 Å². The lowest BCUT2D eigenvalue weighted by molar-refractivity contribution is 0.199. The molecule has 1 aliphatic heterocycles. The molecule has 20 heavy (non-hydrogen) atoms. The zero-order valence-corrected chi connectivity index (χ0v) is 13.5. The van der Waals surface area contributed by atoms with Gasteiger partial charge in [0, 0.05) is 38.7 Å². The van der Waals surface area contributed by atoms with Gasteiger partial charge in [0.05, 0.1) is 12.3 Å². The number of nitrogens with one attached hydrogen (secondary N) is 1. The molecule has 2 rings (SSSR count). The summed E-state index contributed by atoms with van der Waals surface area (Å²) < 4.78 is 5.02. The highest BCUT2D eigenvalue weighted by atomic mass is 32.1. The topological polar surface area (TPSA) is 37.4 Å². The first-order valence-electron chi connectivity index (χ1n) is 7.72. The number of hydrogen-bond acceptors (Lipinski definition) is 5. The van der Waals surface area contributed by atoms with E-state index in [1.54, 1.807) is 18.4 Å². The Bertz CT molecular complexity index is 375. The molecule has 0 bridgehead atoms. The van der Waals surface area contributed by atoms with Crippen molar-refractivity contribution in [1.29, 1.82) is 0 Å². The first kappa shape index (κ1) is 15.7. The van der Waals surface area contributed by atoms with Gasteiger partial charge >= 0.3 is 0 Å². The number of aromatic nitrogens is 1. The second-order valence-corrected chi connectivity index (χ2v) is 6.35. The Morgan fingerprint density at radius 2 is 2.25 bits per heavy atom. The summed E-state index contributed by atoms with van der Waals surface area (Å²) in [6.07, 6.45) is 5.36. The Morgan fingerprint density at radius 1 is 1.45 bits per heavy atom. The van der Waals surface area contributed by atoms with Crippen LogP contribution >= 0.6 is 11.3 Å². The summed E-state index contributed by atoms with van der Waals surface area (Å²) >= 11 is 1.78. The number of anilines is 1. The van der Waals surface area contributed by atoms with E-state index in [0.717, 1.165) is 31.3 Å². The van der Waals surface area contributed by atoms with Gasteiger partial charge in [-0.3, -0.25) is 0 Å². The predicted octanol–water partition coefficient (Wildman–Crippen LogP) is 2.90. The van der Waals surface area contributed by atoms with Gasteiger partial charge in [-0.1, -0.05) is 19.8 Å². The van der Waals surface area contributed by atoms with Crippen LogP contribution in [-0.2, 0) is 11.3 Å². The van der Waals surface area contributed by atoms with Gasteiger partial charge in [0.25, 0.3) is 0 Å². The first-order chi connectivity index (χ1) is 9.83. The molecule has 0 atom stereocenters. The molecule has 0 amide bonds. The maximum Gasteiger partial charge on any atom is 0.185 e. The number of nitrogens with zero attached hydrogens (tertiary/aromatic N) is 2. The van der Waals surface area contributed by atoms with E-state index < -0.39 is 0 Å². The highest BCUT2D eigenvalue weighted by molar-refractivity contribution is 7.13. The van der Waals surface area contributed by atoms with Gasteiger partial charge in [0.1, 0.15) is 0 Å². The van der Waals surface area contributed by atoms with E-state index >= 15 is 0 Å². The molecular weight excluding hydrogens is 270 g/mol. The third kappa shape index (κ3) is 4.72. The Labute approximate surface area is 126 Å². The van der Waals surface area contributed by atoms with Crippen LogP contribution in [0.1, 0.15) is 38.3 Å². The van der Waals surface area contributed by atoms with Crippen molar-refractivity contribution in [2.24, 2.45) is 5.92 Å². The van der Waals surface area contributed by atoms with Gasteiger partial charge in [-0.05, 0) is 18.8 Å². The lowest BCUT2D eigenvalue weighted by atomic mass is 9.93. The fourth-order valence-electron chi connectivity index (χ4n) is 2.73. The highest BCUT2D eigenvalue weighted by Crippen LogP contribution is 2.28. The molecule has 1 aliphatic rings. The van der Waals surface area contributed by atoms with Gasteiger partial charge in [-0.25, -0.2) is 4.98 Å². The van der Waals surface area contributed by atoms with Crippen LogP contribution in [0.5, 0.6) is 0 Å². The van der Waals surface area contributed by atoms with Crippen molar-refractivity contribution in [3.63, 3.8) is 0 Å². The van der Waals surface area contributed by atoms with E-state index in [4.69, 9.17) is 9.72 Å². The minimum absolute atomic E-state index is 0.752. The summed E-state index contributed by atoms with van der Waals surface area (Å²) in [5.74, 6) is 0.936. The maximum absolute atomic E-state index is 5.02. The van der Waals surface area contributed by atoms with E-state index in [2.05, 4.69) is 22.5 Å². The summed E-state index contributed by atoms with van der Waals surface area (Å²) in [5, 5.41) is 6.71. The number of thiazole rings is 1. The van der Waals surface area contributed by atoms with E-state index in [1.165, 1.54) is 43.9 Å². The molecule has 1 N–H and O–H groups in total. The molecule has 0 saturated carbocycles. The van der Waals surface area contributed by atoms with Crippen molar-refractivity contribution in [3.05, 3.63) is 11.1 Å². The zero-order valence-electron chi connectivity index (χ0n) is 12.7. The molecule has 5 heteroatoms. The third-order valence-electron chi connectivity index (χ3n) is 3.91. The molecule has 1 saturated heterocycles. The first-order valence-corrected chi connectivity index (χ1v) is 8.60. The van der Waals surface area contributed by atoms with Gasteiger partial charge in [0.15, 0.2) is 5.13 Å². The summed E-state index contributed by atoms with van der Waals surface area (Å²) in [7, 11) is 1.73. The average molecular weight is 297 g/mol. The SMILES string of the molecule is CCCC1CCN(c2nc(CNCCOC)cs2)CC1. The Morgan fingerprint density at radius 3 is 2.95 bits per heavy atom. The number of ether oxygens (including phenoxy) is 1. The normalized spacial score (nSPS) is 16.8. The monoisotopic (exact) mass is 297 g/mol. The third-order valence-corrected chi connectivity index (χ3v) is 4.86. The van der Waals surface area contributed by atoms with E-state index in [1.807, 2.05) is 0 Å². The van der Waals surface area contributed by atoms with Crippen LogP contribution in [0.15, 0.2) is 5.38 Å².